The lowest BCUT2D eigenvalue weighted by molar-refractivity contribution is 0.0683. The number of fused-ring (bicyclic) bond motifs is 1. The van der Waals surface area contributed by atoms with Crippen molar-refractivity contribution in [3.8, 4) is 0 Å². The molecule has 1 aliphatic rings. The number of nitrogens with one attached hydrogen (secondary N) is 1. The molecule has 7 heteroatoms. The molecule has 0 saturated carbocycles. The number of likely N-dealkylation sites (tertiary alicyclic amines) is 1. The van der Waals surface area contributed by atoms with Gasteiger partial charge in [-0.1, -0.05) is 47.5 Å². The van der Waals surface area contributed by atoms with Crippen LogP contribution in [0.1, 0.15) is 61.5 Å². The van der Waals surface area contributed by atoms with Crippen molar-refractivity contribution in [1.29, 1.82) is 0 Å². The summed E-state index contributed by atoms with van der Waals surface area (Å²) in [7, 11) is 0. The zero-order valence-corrected chi connectivity index (χ0v) is 20.2. The number of hydrogen-bond donors (Lipinski definition) is 1. The van der Waals surface area contributed by atoms with Crippen molar-refractivity contribution >= 4 is 34.1 Å². The molecule has 3 heterocycles. The molecule has 0 radical (unpaired) electrons. The number of hydrogen-bond acceptors (Lipinski definition) is 5. The first-order chi connectivity index (χ1) is 16.5. The Morgan fingerprint density at radius 3 is 2.56 bits per heavy atom. The van der Waals surface area contributed by atoms with E-state index in [0.717, 1.165) is 34.4 Å². The van der Waals surface area contributed by atoms with Crippen LogP contribution in [0.2, 0.25) is 0 Å². The van der Waals surface area contributed by atoms with E-state index in [9.17, 15) is 9.59 Å². The molecule has 0 spiro atoms. The predicted octanol–water partition coefficient (Wildman–Crippen LogP) is 5.46. The van der Waals surface area contributed by atoms with Crippen LogP contribution in [-0.2, 0) is 6.54 Å². The number of aromatic nitrogens is 1. The fourth-order valence-corrected chi connectivity index (χ4v) is 5.57. The van der Waals surface area contributed by atoms with Gasteiger partial charge in [-0.15, -0.1) is 11.3 Å². The number of amides is 2. The zero-order valence-electron chi connectivity index (χ0n) is 19.3. The lowest BCUT2D eigenvalue weighted by Crippen LogP contribution is -2.37. The Bertz CT molecular complexity index is 1290. The first-order valence-corrected chi connectivity index (χ1v) is 12.4. The van der Waals surface area contributed by atoms with E-state index in [1.807, 2.05) is 40.6 Å². The average Bonchev–Trinajstić information content (AvgIpc) is 3.49. The van der Waals surface area contributed by atoms with E-state index in [-0.39, 0.29) is 17.7 Å². The number of thiazole rings is 1. The van der Waals surface area contributed by atoms with E-state index >= 15 is 0 Å². The molecule has 0 unspecified atom stereocenters. The number of carbonyl (C=O) groups excluding carboxylic acids is 2. The van der Waals surface area contributed by atoms with Crippen molar-refractivity contribution in [2.75, 3.05) is 13.1 Å². The normalized spacial score (nSPS) is 14.5. The maximum atomic E-state index is 12.9. The van der Waals surface area contributed by atoms with Gasteiger partial charge < -0.3 is 14.6 Å². The number of aryl methyl sites for hydroxylation is 2. The molecule has 1 N–H and O–H groups in total. The van der Waals surface area contributed by atoms with Gasteiger partial charge in [0.1, 0.15) is 11.3 Å². The third kappa shape index (κ3) is 4.75. The average molecular weight is 474 g/mol. The van der Waals surface area contributed by atoms with Gasteiger partial charge in [-0.25, -0.2) is 4.98 Å². The summed E-state index contributed by atoms with van der Waals surface area (Å²) in [6.07, 6.45) is 1.65. The van der Waals surface area contributed by atoms with Crippen molar-refractivity contribution < 1.29 is 14.0 Å². The molecular weight excluding hydrogens is 446 g/mol. The minimum atomic E-state index is -0.154. The Hall–Kier alpha value is -3.45. The van der Waals surface area contributed by atoms with Crippen molar-refractivity contribution in [2.24, 2.45) is 0 Å². The number of nitrogens with zero attached hydrogens (tertiary/aromatic N) is 2. The lowest BCUT2D eigenvalue weighted by Gasteiger charge is -2.30. The van der Waals surface area contributed by atoms with E-state index in [0.29, 0.717) is 31.1 Å². The Labute approximate surface area is 202 Å². The van der Waals surface area contributed by atoms with Crippen LogP contribution in [0.15, 0.2) is 58.3 Å². The smallest absolute Gasteiger partial charge is 0.289 e. The molecule has 34 heavy (non-hydrogen) atoms. The van der Waals surface area contributed by atoms with Crippen LogP contribution in [0.3, 0.4) is 0 Å². The minimum Gasteiger partial charge on any atom is -0.451 e. The molecule has 2 amide bonds. The molecule has 1 saturated heterocycles. The van der Waals surface area contributed by atoms with Gasteiger partial charge in [0.05, 0.1) is 5.01 Å². The van der Waals surface area contributed by atoms with E-state index in [2.05, 4.69) is 42.3 Å². The molecule has 0 bridgehead atoms. The van der Waals surface area contributed by atoms with Gasteiger partial charge in [0.25, 0.3) is 11.8 Å². The van der Waals surface area contributed by atoms with Gasteiger partial charge in [0.15, 0.2) is 5.76 Å². The highest BCUT2D eigenvalue weighted by molar-refractivity contribution is 7.09. The Balaban J connectivity index is 1.17. The van der Waals surface area contributed by atoms with E-state index in [1.165, 1.54) is 22.5 Å². The largest absolute Gasteiger partial charge is 0.451 e. The van der Waals surface area contributed by atoms with Gasteiger partial charge in [-0.05, 0) is 44.4 Å². The highest BCUT2D eigenvalue weighted by atomic mass is 32.1. The zero-order chi connectivity index (χ0) is 23.7. The molecule has 1 fully saturated rings. The Morgan fingerprint density at radius 1 is 1.09 bits per heavy atom. The van der Waals surface area contributed by atoms with Crippen molar-refractivity contribution in [3.05, 3.63) is 87.1 Å². The summed E-state index contributed by atoms with van der Waals surface area (Å²) in [5.74, 6) is 0.418. The highest BCUT2D eigenvalue weighted by Gasteiger charge is 2.28. The molecule has 0 aliphatic carbocycles. The number of para-hydroxylation sites is 1. The molecule has 6 nitrogen and oxygen atoms in total. The predicted molar refractivity (Wildman–Crippen MR) is 133 cm³/mol. The quantitative estimate of drug-likeness (QED) is 0.418. The molecule has 174 valence electrons. The summed E-state index contributed by atoms with van der Waals surface area (Å²) >= 11 is 1.53. The SMILES string of the molecule is Cc1cc(C)cc(CNC(=O)c2csc(C3CCN(C(=O)c4cc5ccccc5o4)CC3)n2)c1. The van der Waals surface area contributed by atoms with Gasteiger partial charge in [0.2, 0.25) is 0 Å². The monoisotopic (exact) mass is 473 g/mol. The second-order valence-corrected chi connectivity index (χ2v) is 9.85. The van der Waals surface area contributed by atoms with Crippen LogP contribution >= 0.6 is 11.3 Å². The second kappa shape index (κ2) is 9.43. The first-order valence-electron chi connectivity index (χ1n) is 11.5. The topological polar surface area (TPSA) is 75.4 Å². The van der Waals surface area contributed by atoms with Crippen LogP contribution in [0.4, 0.5) is 0 Å². The highest BCUT2D eigenvalue weighted by Crippen LogP contribution is 2.31. The summed E-state index contributed by atoms with van der Waals surface area (Å²) in [5.41, 5.74) is 4.65. The number of piperidine rings is 1. The Kier molecular flexibility index (Phi) is 6.20. The van der Waals surface area contributed by atoms with Crippen molar-refractivity contribution in [2.45, 2.75) is 39.2 Å². The van der Waals surface area contributed by atoms with Crippen molar-refractivity contribution in [3.63, 3.8) is 0 Å². The first kappa shape index (κ1) is 22.3. The van der Waals surface area contributed by atoms with Gasteiger partial charge in [-0.2, -0.15) is 0 Å². The second-order valence-electron chi connectivity index (χ2n) is 8.96. The van der Waals surface area contributed by atoms with Gasteiger partial charge in [-0.3, -0.25) is 9.59 Å². The Morgan fingerprint density at radius 2 is 1.82 bits per heavy atom. The molecule has 5 rings (SSSR count). The van der Waals surface area contributed by atoms with Crippen LogP contribution in [0.5, 0.6) is 0 Å². The van der Waals surface area contributed by atoms with Crippen LogP contribution in [0, 0.1) is 13.8 Å². The van der Waals surface area contributed by atoms with E-state index < -0.39 is 0 Å². The van der Waals surface area contributed by atoms with Crippen molar-refractivity contribution in [1.82, 2.24) is 15.2 Å². The molecule has 0 atom stereocenters. The minimum absolute atomic E-state index is 0.0692. The van der Waals surface area contributed by atoms with Crippen LogP contribution < -0.4 is 5.32 Å². The number of furan rings is 1. The number of carbonyl (C=O) groups is 2. The fourth-order valence-electron chi connectivity index (χ4n) is 4.60. The lowest BCUT2D eigenvalue weighted by atomic mass is 9.97. The fraction of sp³-hybridized carbons (Fsp3) is 0.296. The summed E-state index contributed by atoms with van der Waals surface area (Å²) in [6.45, 7) is 5.89. The van der Waals surface area contributed by atoms with Crippen LogP contribution in [0.25, 0.3) is 11.0 Å². The third-order valence-electron chi connectivity index (χ3n) is 6.26. The summed E-state index contributed by atoms with van der Waals surface area (Å²) in [4.78, 5) is 32.0. The summed E-state index contributed by atoms with van der Waals surface area (Å²) < 4.78 is 5.75. The summed E-state index contributed by atoms with van der Waals surface area (Å²) in [6, 6.07) is 15.7. The molecular formula is C27H27N3O3S. The molecule has 4 aromatic rings. The van der Waals surface area contributed by atoms with Gasteiger partial charge >= 0.3 is 0 Å². The van der Waals surface area contributed by atoms with Crippen LogP contribution in [-0.4, -0.2) is 34.8 Å². The molecule has 1 aliphatic heterocycles. The standard InChI is InChI=1S/C27H27N3O3S/c1-17-11-18(2)13-19(12-17)15-28-25(31)22-16-34-26(29-22)20-7-9-30(10-8-20)27(32)24-14-21-5-3-4-6-23(21)33-24/h3-6,11-14,16,20H,7-10,15H2,1-2H3,(H,28,31). The number of rotatable bonds is 5. The molecule has 2 aromatic heterocycles. The van der Waals surface area contributed by atoms with Gasteiger partial charge in [0, 0.05) is 36.3 Å². The third-order valence-corrected chi connectivity index (χ3v) is 7.26. The van der Waals surface area contributed by atoms with E-state index in [4.69, 9.17) is 4.42 Å². The summed E-state index contributed by atoms with van der Waals surface area (Å²) in [5, 5.41) is 6.71. The maximum Gasteiger partial charge on any atom is 0.289 e. The number of benzene rings is 2. The van der Waals surface area contributed by atoms with E-state index in [1.54, 1.807) is 0 Å². The molecule has 2 aromatic carbocycles. The maximum absolute atomic E-state index is 12.9.